The fraction of sp³-hybridized carbons (Fsp3) is 0.500. The summed E-state index contributed by atoms with van der Waals surface area (Å²) in [5.74, 6) is 0. The molecule has 1 aliphatic carbocycles. The van der Waals surface area contributed by atoms with Gasteiger partial charge >= 0.3 is 0 Å². The monoisotopic (exact) mass is 177 g/mol. The number of hydrogen-bond acceptors (Lipinski definition) is 1. The van der Waals surface area contributed by atoms with Crippen molar-refractivity contribution in [3.63, 3.8) is 0 Å². The maximum absolute atomic E-state index is 5.78. The van der Waals surface area contributed by atoms with Crippen LogP contribution in [0.3, 0.4) is 0 Å². The Kier molecular flexibility index (Phi) is 2.97. The second kappa shape index (κ2) is 3.82. The first-order chi connectivity index (χ1) is 5.97. The van der Waals surface area contributed by atoms with Gasteiger partial charge in [-0.25, -0.2) is 0 Å². The van der Waals surface area contributed by atoms with Gasteiger partial charge in [-0.15, -0.1) is 0 Å². The van der Waals surface area contributed by atoms with Crippen molar-refractivity contribution in [1.82, 2.24) is 0 Å². The van der Waals surface area contributed by atoms with E-state index in [1.165, 1.54) is 5.57 Å². The van der Waals surface area contributed by atoms with Crippen LogP contribution in [0.4, 0.5) is 0 Å². The Hall–Kier alpha value is -0.980. The minimum Gasteiger partial charge on any atom is -0.399 e. The van der Waals surface area contributed by atoms with Crippen LogP contribution in [0.1, 0.15) is 33.6 Å². The summed E-state index contributed by atoms with van der Waals surface area (Å²) in [4.78, 5) is 0. The summed E-state index contributed by atoms with van der Waals surface area (Å²) in [6.07, 6.45) is 10.5. The average Bonchev–Trinajstić information content (AvgIpc) is 2.10. The van der Waals surface area contributed by atoms with Gasteiger partial charge in [0.05, 0.1) is 0 Å². The van der Waals surface area contributed by atoms with Gasteiger partial charge < -0.3 is 5.73 Å². The molecule has 1 aliphatic rings. The number of allylic oxidation sites excluding steroid dienone is 5. The highest BCUT2D eigenvalue weighted by molar-refractivity contribution is 5.32. The van der Waals surface area contributed by atoms with Crippen LogP contribution in [0.15, 0.2) is 35.6 Å². The van der Waals surface area contributed by atoms with Crippen molar-refractivity contribution in [2.45, 2.75) is 33.6 Å². The van der Waals surface area contributed by atoms with E-state index in [0.717, 1.165) is 18.5 Å². The first-order valence-electron chi connectivity index (χ1n) is 4.80. The fourth-order valence-corrected chi connectivity index (χ4v) is 1.48. The third kappa shape index (κ3) is 3.97. The van der Waals surface area contributed by atoms with Gasteiger partial charge in [-0.1, -0.05) is 32.9 Å². The molecule has 13 heavy (non-hydrogen) atoms. The topological polar surface area (TPSA) is 26.0 Å². The smallest absolute Gasteiger partial charge is 0.0313 e. The lowest BCUT2D eigenvalue weighted by Gasteiger charge is -2.18. The highest BCUT2D eigenvalue weighted by Crippen LogP contribution is 2.26. The van der Waals surface area contributed by atoms with Gasteiger partial charge in [0.15, 0.2) is 0 Å². The highest BCUT2D eigenvalue weighted by atomic mass is 14.6. The summed E-state index contributed by atoms with van der Waals surface area (Å²) in [6.45, 7) is 6.74. The summed E-state index contributed by atoms with van der Waals surface area (Å²) in [5, 5.41) is 0. The highest BCUT2D eigenvalue weighted by Gasteiger charge is 2.12. The quantitative estimate of drug-likeness (QED) is 0.654. The van der Waals surface area contributed by atoms with Crippen molar-refractivity contribution in [2.75, 3.05) is 0 Å². The molecule has 72 valence electrons. The van der Waals surface area contributed by atoms with Crippen LogP contribution < -0.4 is 5.73 Å². The lowest BCUT2D eigenvalue weighted by molar-refractivity contribution is 0.413. The molecule has 0 spiro atoms. The second-order valence-electron chi connectivity index (χ2n) is 4.80. The third-order valence-corrected chi connectivity index (χ3v) is 1.91. The molecule has 0 aliphatic heterocycles. The van der Waals surface area contributed by atoms with Gasteiger partial charge in [0, 0.05) is 5.70 Å². The molecule has 1 heteroatoms. The molecule has 0 aromatic carbocycles. The van der Waals surface area contributed by atoms with Crippen LogP contribution in [-0.2, 0) is 0 Å². The molecule has 1 nitrogen and oxygen atoms in total. The van der Waals surface area contributed by atoms with Crippen molar-refractivity contribution in [3.8, 4) is 0 Å². The van der Waals surface area contributed by atoms with Gasteiger partial charge in [0.2, 0.25) is 0 Å². The Morgan fingerprint density at radius 2 is 2.08 bits per heavy atom. The zero-order valence-corrected chi connectivity index (χ0v) is 8.80. The lowest BCUT2D eigenvalue weighted by Crippen LogP contribution is -2.06. The maximum atomic E-state index is 5.78. The van der Waals surface area contributed by atoms with Crippen LogP contribution in [0.2, 0.25) is 0 Å². The van der Waals surface area contributed by atoms with E-state index in [1.54, 1.807) is 0 Å². The molecular formula is C12H19N. The van der Waals surface area contributed by atoms with E-state index in [-0.39, 0.29) is 0 Å². The molecule has 0 heterocycles. The molecule has 0 aromatic rings. The van der Waals surface area contributed by atoms with E-state index in [4.69, 9.17) is 5.73 Å². The van der Waals surface area contributed by atoms with E-state index < -0.39 is 0 Å². The van der Waals surface area contributed by atoms with Gasteiger partial charge in [-0.2, -0.15) is 0 Å². The molecule has 0 saturated heterocycles. The van der Waals surface area contributed by atoms with E-state index >= 15 is 0 Å². The predicted molar refractivity (Wildman–Crippen MR) is 58.2 cm³/mol. The molecule has 0 fully saturated rings. The zero-order chi connectivity index (χ0) is 9.90. The van der Waals surface area contributed by atoms with Crippen LogP contribution in [0.5, 0.6) is 0 Å². The van der Waals surface area contributed by atoms with Crippen LogP contribution >= 0.6 is 0 Å². The summed E-state index contributed by atoms with van der Waals surface area (Å²) in [6, 6.07) is 0. The van der Waals surface area contributed by atoms with Gasteiger partial charge in [0.1, 0.15) is 0 Å². The second-order valence-corrected chi connectivity index (χ2v) is 4.80. The minimum atomic E-state index is 0.340. The molecule has 0 aromatic heterocycles. The van der Waals surface area contributed by atoms with Crippen molar-refractivity contribution in [1.29, 1.82) is 0 Å². The Balaban J connectivity index is 2.71. The number of nitrogens with two attached hydrogens (primary N) is 1. The van der Waals surface area contributed by atoms with Gasteiger partial charge in [-0.3, -0.25) is 0 Å². The minimum absolute atomic E-state index is 0.340. The fourth-order valence-electron chi connectivity index (χ4n) is 1.48. The van der Waals surface area contributed by atoms with Crippen LogP contribution in [0, 0.1) is 5.41 Å². The van der Waals surface area contributed by atoms with Gasteiger partial charge in [-0.05, 0) is 36.0 Å². The van der Waals surface area contributed by atoms with E-state index in [9.17, 15) is 0 Å². The molecule has 0 atom stereocenters. The normalized spacial score (nSPS) is 17.8. The van der Waals surface area contributed by atoms with Crippen LogP contribution in [0.25, 0.3) is 0 Å². The molecule has 0 unspecified atom stereocenters. The number of hydrogen-bond donors (Lipinski definition) is 1. The van der Waals surface area contributed by atoms with E-state index in [0.29, 0.717) is 5.41 Å². The first kappa shape index (κ1) is 10.1. The largest absolute Gasteiger partial charge is 0.399 e. The summed E-state index contributed by atoms with van der Waals surface area (Å²) in [5.41, 5.74) is 8.34. The Morgan fingerprint density at radius 3 is 2.69 bits per heavy atom. The Bertz CT molecular complexity index is 261. The molecule has 0 amide bonds. The Morgan fingerprint density at radius 1 is 1.38 bits per heavy atom. The lowest BCUT2D eigenvalue weighted by atomic mass is 9.87. The third-order valence-electron chi connectivity index (χ3n) is 1.91. The van der Waals surface area contributed by atoms with Crippen molar-refractivity contribution >= 4 is 0 Å². The maximum Gasteiger partial charge on any atom is 0.0313 e. The zero-order valence-electron chi connectivity index (χ0n) is 8.80. The van der Waals surface area contributed by atoms with Gasteiger partial charge in [0.25, 0.3) is 0 Å². The van der Waals surface area contributed by atoms with Crippen molar-refractivity contribution < 1.29 is 0 Å². The number of rotatable bonds is 1. The predicted octanol–water partition coefficient (Wildman–Crippen LogP) is 3.15. The SMILES string of the molecule is CC(C)(C)CC1=CCC=CC(N)=C1. The molecule has 0 saturated carbocycles. The standard InChI is InChI=1S/C12H19N/c1-12(2,3)9-10-6-4-5-7-11(13)8-10/h5-8H,4,9,13H2,1-3H3. The van der Waals surface area contributed by atoms with Crippen LogP contribution in [-0.4, -0.2) is 0 Å². The molecular weight excluding hydrogens is 158 g/mol. The molecule has 0 radical (unpaired) electrons. The average molecular weight is 177 g/mol. The summed E-state index contributed by atoms with van der Waals surface area (Å²) in [7, 11) is 0. The molecule has 0 bridgehead atoms. The van der Waals surface area contributed by atoms with Crippen molar-refractivity contribution in [3.05, 3.63) is 35.6 Å². The summed E-state index contributed by atoms with van der Waals surface area (Å²) >= 11 is 0. The van der Waals surface area contributed by atoms with E-state index in [2.05, 4.69) is 39.0 Å². The summed E-state index contributed by atoms with van der Waals surface area (Å²) < 4.78 is 0. The first-order valence-corrected chi connectivity index (χ1v) is 4.80. The Labute approximate surface area is 81.0 Å². The van der Waals surface area contributed by atoms with Crippen molar-refractivity contribution in [2.24, 2.45) is 11.1 Å². The van der Waals surface area contributed by atoms with E-state index in [1.807, 2.05) is 6.08 Å². The molecule has 2 N–H and O–H groups in total. The molecule has 1 rings (SSSR count).